The molecule has 0 aromatic carbocycles. The first-order valence-corrected chi connectivity index (χ1v) is 32.9. The smallest absolute Gasteiger partial charge is 0.335 e. The molecule has 3 N–H and O–H groups in total. The average molecular weight is 1160 g/mol. The molecule has 0 amide bonds. The maximum Gasteiger partial charge on any atom is 0.335 e. The van der Waals surface area contributed by atoms with Crippen molar-refractivity contribution in [3.05, 3.63) is 109 Å². The molecule has 1 aliphatic heterocycles. The first kappa shape index (κ1) is 76.4. The van der Waals surface area contributed by atoms with Crippen LogP contribution in [0, 0.1) is 0 Å². The monoisotopic (exact) mass is 1160 g/mol. The molecule has 1 heterocycles. The van der Waals surface area contributed by atoms with Crippen molar-refractivity contribution in [1.82, 2.24) is 0 Å². The lowest BCUT2D eigenvalue weighted by Crippen LogP contribution is -2.61. The van der Waals surface area contributed by atoms with Gasteiger partial charge in [-0.1, -0.05) is 246 Å². The molecule has 6 unspecified atom stereocenters. The summed E-state index contributed by atoms with van der Waals surface area (Å²) in [6.45, 7) is 5.81. The molecule has 1 saturated heterocycles. The number of carbonyl (C=O) groups is 4. The fourth-order valence-electron chi connectivity index (χ4n) is 9.33. The molecule has 0 aromatic heterocycles. The molecule has 12 heteroatoms. The Morgan fingerprint density at radius 2 is 0.795 bits per heavy atom. The molecule has 0 saturated carbocycles. The van der Waals surface area contributed by atoms with Crippen LogP contribution in [0.4, 0.5) is 0 Å². The zero-order valence-corrected chi connectivity index (χ0v) is 52.2. The van der Waals surface area contributed by atoms with Crippen molar-refractivity contribution in [2.24, 2.45) is 0 Å². The molecular weight excluding hydrogens is 1040 g/mol. The number of aliphatic hydroxyl groups is 2. The van der Waals surface area contributed by atoms with Gasteiger partial charge in [0, 0.05) is 12.8 Å². The van der Waals surface area contributed by atoms with E-state index in [2.05, 4.69) is 106 Å². The minimum absolute atomic E-state index is 0.143. The van der Waals surface area contributed by atoms with Crippen LogP contribution < -0.4 is 0 Å². The fourth-order valence-corrected chi connectivity index (χ4v) is 9.33. The van der Waals surface area contributed by atoms with Crippen molar-refractivity contribution in [3.8, 4) is 0 Å². The second kappa shape index (κ2) is 57.8. The average Bonchev–Trinajstić information content (AvgIpc) is 3.57. The van der Waals surface area contributed by atoms with Gasteiger partial charge in [0.15, 0.2) is 24.6 Å². The molecule has 1 rings (SSSR count). The number of hydrogen-bond donors (Lipinski definition) is 3. The summed E-state index contributed by atoms with van der Waals surface area (Å²) >= 11 is 0. The second-order valence-electron chi connectivity index (χ2n) is 22.0. The minimum Gasteiger partial charge on any atom is -0.479 e. The van der Waals surface area contributed by atoms with Gasteiger partial charge in [0.25, 0.3) is 0 Å². The molecule has 0 aliphatic carbocycles. The Balaban J connectivity index is 2.71. The van der Waals surface area contributed by atoms with Gasteiger partial charge in [0.2, 0.25) is 0 Å². The Hall–Kier alpha value is -4.62. The van der Waals surface area contributed by atoms with Crippen molar-refractivity contribution in [2.75, 3.05) is 13.2 Å². The third-order valence-corrected chi connectivity index (χ3v) is 14.3. The number of rotatable bonds is 55. The van der Waals surface area contributed by atoms with E-state index < -0.39 is 67.3 Å². The SMILES string of the molecule is CC/C=C\C/C=C\C/C=C\C/C=C\C/C=C\CC(=O)OC1C(OCC(COC(=O)CCCCCCCC/C=C\C/C=C\C/C=C\CCCCC)OC(=O)CCCCCCCCCCC/C=C\CCCCCCCC)OC(C(=O)O)C(O)C1O. The van der Waals surface area contributed by atoms with Crippen LogP contribution in [-0.4, -0.2) is 89.2 Å². The van der Waals surface area contributed by atoms with Gasteiger partial charge >= 0.3 is 23.9 Å². The van der Waals surface area contributed by atoms with E-state index in [9.17, 15) is 34.5 Å². The summed E-state index contributed by atoms with van der Waals surface area (Å²) in [7, 11) is 0. The first-order valence-electron chi connectivity index (χ1n) is 32.9. The van der Waals surface area contributed by atoms with E-state index in [1.54, 1.807) is 12.2 Å². The number of ether oxygens (including phenoxy) is 5. The van der Waals surface area contributed by atoms with Crippen LogP contribution in [0.25, 0.3) is 0 Å². The van der Waals surface area contributed by atoms with Gasteiger partial charge in [-0.15, -0.1) is 0 Å². The lowest BCUT2D eigenvalue weighted by Gasteiger charge is -2.40. The Kier molecular flexibility index (Phi) is 53.2. The molecule has 0 aromatic rings. The fraction of sp³-hybridized carbons (Fsp3) is 0.690. The Labute approximate surface area is 504 Å². The maximum absolute atomic E-state index is 13.2. The highest BCUT2D eigenvalue weighted by molar-refractivity contribution is 5.74. The van der Waals surface area contributed by atoms with E-state index in [0.29, 0.717) is 19.3 Å². The minimum atomic E-state index is -1.94. The molecule has 472 valence electrons. The highest BCUT2D eigenvalue weighted by atomic mass is 16.7. The lowest BCUT2D eigenvalue weighted by molar-refractivity contribution is -0.301. The number of esters is 3. The summed E-state index contributed by atoms with van der Waals surface area (Å²) in [5.74, 6) is -3.30. The summed E-state index contributed by atoms with van der Waals surface area (Å²) in [6.07, 6.45) is 66.4. The highest BCUT2D eigenvalue weighted by Crippen LogP contribution is 2.26. The number of carboxylic acids is 1. The van der Waals surface area contributed by atoms with Crippen molar-refractivity contribution in [2.45, 2.75) is 302 Å². The third kappa shape index (κ3) is 47.3. The molecule has 0 bridgehead atoms. The van der Waals surface area contributed by atoms with E-state index >= 15 is 0 Å². The van der Waals surface area contributed by atoms with Gasteiger partial charge in [-0.2, -0.15) is 0 Å². The Morgan fingerprint density at radius 3 is 1.25 bits per heavy atom. The van der Waals surface area contributed by atoms with E-state index in [0.717, 1.165) is 109 Å². The molecule has 6 atom stereocenters. The Morgan fingerprint density at radius 1 is 0.422 bits per heavy atom. The first-order chi connectivity index (χ1) is 40.6. The standard InChI is InChI=1S/C71H116O12/c1-4-7-10-13-16-19-22-25-28-30-32-34-37-39-42-45-48-51-54-57-63(72)79-60-62(81-64(73)58-55-52-49-46-43-41-38-35-33-31-29-26-23-20-17-14-11-8-5-2)61-80-71-69(67(76)66(75)68(83-71)70(77)78)82-65(74)59-56-53-50-47-44-40-36-27-24-21-18-15-12-9-6-3/h9,12,16,18-19,21,25-29,32,34,36,44,47,53,56,62,66-69,71,75-76H,4-8,10-11,13-15,17,20,22-24,30-31,33,35,37-43,45-46,48-52,54-55,57-61H2,1-3H3,(H,77,78)/b12-9-,19-16-,21-18-,28-25-,29-26-,34-32-,36-27-,47-44-,56-53-. The van der Waals surface area contributed by atoms with E-state index in [4.69, 9.17) is 23.7 Å². The van der Waals surface area contributed by atoms with Crippen LogP contribution in [0.2, 0.25) is 0 Å². The number of aliphatic carboxylic acids is 1. The molecular formula is C71H116O12. The van der Waals surface area contributed by atoms with Gasteiger partial charge in [-0.25, -0.2) is 4.79 Å². The molecule has 83 heavy (non-hydrogen) atoms. The van der Waals surface area contributed by atoms with Crippen LogP contribution in [0.3, 0.4) is 0 Å². The highest BCUT2D eigenvalue weighted by Gasteiger charge is 2.50. The van der Waals surface area contributed by atoms with Crippen molar-refractivity contribution in [1.29, 1.82) is 0 Å². The maximum atomic E-state index is 13.2. The summed E-state index contributed by atoms with van der Waals surface area (Å²) < 4.78 is 28.4. The normalized spacial score (nSPS) is 18.3. The van der Waals surface area contributed by atoms with Crippen LogP contribution in [-0.2, 0) is 42.9 Å². The number of carbonyl (C=O) groups excluding carboxylic acids is 3. The topological polar surface area (TPSA) is 175 Å². The second-order valence-corrected chi connectivity index (χ2v) is 22.0. The van der Waals surface area contributed by atoms with E-state index in [1.807, 2.05) is 12.2 Å². The van der Waals surface area contributed by atoms with E-state index in [1.165, 1.54) is 96.3 Å². The molecule has 12 nitrogen and oxygen atoms in total. The van der Waals surface area contributed by atoms with Crippen molar-refractivity contribution >= 4 is 23.9 Å². The van der Waals surface area contributed by atoms with Crippen molar-refractivity contribution < 1.29 is 58.2 Å². The van der Waals surface area contributed by atoms with Crippen LogP contribution in [0.5, 0.6) is 0 Å². The van der Waals surface area contributed by atoms with E-state index in [-0.39, 0.29) is 25.9 Å². The Bertz CT molecular complexity index is 1860. The van der Waals surface area contributed by atoms with Gasteiger partial charge in [-0.05, 0) is 109 Å². The third-order valence-electron chi connectivity index (χ3n) is 14.3. The summed E-state index contributed by atoms with van der Waals surface area (Å²) in [4.78, 5) is 51.3. The van der Waals surface area contributed by atoms with Gasteiger partial charge < -0.3 is 39.0 Å². The van der Waals surface area contributed by atoms with Crippen molar-refractivity contribution in [3.63, 3.8) is 0 Å². The predicted molar refractivity (Wildman–Crippen MR) is 340 cm³/mol. The zero-order valence-electron chi connectivity index (χ0n) is 52.2. The number of hydrogen-bond acceptors (Lipinski definition) is 11. The largest absolute Gasteiger partial charge is 0.479 e. The van der Waals surface area contributed by atoms with Crippen LogP contribution in [0.1, 0.15) is 265 Å². The summed E-state index contributed by atoms with van der Waals surface area (Å²) in [6, 6.07) is 0. The number of allylic oxidation sites excluding steroid dienone is 17. The lowest BCUT2D eigenvalue weighted by atomic mass is 9.98. The number of aliphatic hydroxyl groups excluding tert-OH is 2. The quantitative estimate of drug-likeness (QED) is 0.0228. The predicted octanol–water partition coefficient (Wildman–Crippen LogP) is 17.8. The summed E-state index contributed by atoms with van der Waals surface area (Å²) in [5, 5.41) is 31.5. The molecule has 1 fully saturated rings. The van der Waals surface area contributed by atoms with Gasteiger partial charge in [0.1, 0.15) is 18.8 Å². The van der Waals surface area contributed by atoms with Gasteiger partial charge in [-0.3, -0.25) is 14.4 Å². The number of unbranched alkanes of at least 4 members (excludes halogenated alkanes) is 24. The molecule has 0 spiro atoms. The number of carboxylic acid groups (broad SMARTS) is 1. The zero-order chi connectivity index (χ0) is 60.3. The van der Waals surface area contributed by atoms with Crippen LogP contribution >= 0.6 is 0 Å². The molecule has 1 aliphatic rings. The molecule has 0 radical (unpaired) electrons. The van der Waals surface area contributed by atoms with Gasteiger partial charge in [0.05, 0.1) is 13.0 Å². The summed E-state index contributed by atoms with van der Waals surface area (Å²) in [5.41, 5.74) is 0. The van der Waals surface area contributed by atoms with Crippen LogP contribution in [0.15, 0.2) is 109 Å².